The van der Waals surface area contributed by atoms with Crippen LogP contribution < -0.4 is 0 Å². The summed E-state index contributed by atoms with van der Waals surface area (Å²) in [5.41, 5.74) is 0. The van der Waals surface area contributed by atoms with Crippen LogP contribution in [-0.4, -0.2) is 22.8 Å². The van der Waals surface area contributed by atoms with Crippen molar-refractivity contribution in [1.82, 2.24) is 4.90 Å². The molecule has 78 valence electrons. The molecule has 1 saturated heterocycles. The van der Waals surface area contributed by atoms with Gasteiger partial charge < -0.3 is 0 Å². The molecule has 0 radical (unpaired) electrons. The molecule has 0 aromatic carbocycles. The maximum atomic E-state index is 11.8. The van der Waals surface area contributed by atoms with Crippen LogP contribution in [0.25, 0.3) is 0 Å². The van der Waals surface area contributed by atoms with Crippen LogP contribution in [0.15, 0.2) is 0 Å². The predicted octanol–water partition coefficient (Wildman–Crippen LogP) is 1.57. The number of likely N-dealkylation sites (tertiary alicyclic amines) is 1. The van der Waals surface area contributed by atoms with Crippen molar-refractivity contribution >= 4 is 11.8 Å². The highest BCUT2D eigenvalue weighted by Gasteiger charge is 2.52. The molecule has 0 aromatic rings. The smallest absolute Gasteiger partial charge is 0.234 e. The quantitative estimate of drug-likeness (QED) is 0.627. The van der Waals surface area contributed by atoms with Gasteiger partial charge in [-0.3, -0.25) is 14.5 Å². The second-order valence-corrected chi connectivity index (χ2v) is 4.46. The highest BCUT2D eigenvalue weighted by molar-refractivity contribution is 6.02. The van der Waals surface area contributed by atoms with Crippen LogP contribution in [0.1, 0.15) is 39.5 Å². The van der Waals surface area contributed by atoms with Gasteiger partial charge in [-0.05, 0) is 19.3 Å². The summed E-state index contributed by atoms with van der Waals surface area (Å²) in [5.74, 6) is 0.307. The van der Waals surface area contributed by atoms with E-state index in [-0.39, 0.29) is 29.7 Å². The molecule has 2 rings (SSSR count). The fraction of sp³-hybridized carbons (Fsp3) is 0.818. The van der Waals surface area contributed by atoms with Crippen molar-refractivity contribution in [3.63, 3.8) is 0 Å². The number of carbonyl (C=O) groups excluding carboxylic acids is 2. The van der Waals surface area contributed by atoms with Gasteiger partial charge in [0.1, 0.15) is 0 Å². The molecule has 3 atom stereocenters. The number of nitrogens with zero attached hydrogens (tertiary/aromatic N) is 1. The summed E-state index contributed by atoms with van der Waals surface area (Å²) < 4.78 is 0. The fourth-order valence-electron chi connectivity index (χ4n) is 2.48. The predicted molar refractivity (Wildman–Crippen MR) is 52.4 cm³/mol. The molecule has 1 aliphatic carbocycles. The Hall–Kier alpha value is -0.860. The standard InChI is InChI=1S/C11H17NO2/c1-3-7(2)10(13)12-9-6-4-5-8(9)11(12)14/h7-9H,3-6H2,1-2H3. The van der Waals surface area contributed by atoms with Crippen LogP contribution in [0.4, 0.5) is 0 Å². The molecule has 3 unspecified atom stereocenters. The summed E-state index contributed by atoms with van der Waals surface area (Å²) >= 11 is 0. The van der Waals surface area contributed by atoms with Gasteiger partial charge in [-0.15, -0.1) is 0 Å². The van der Waals surface area contributed by atoms with Gasteiger partial charge in [-0.1, -0.05) is 20.3 Å². The third kappa shape index (κ3) is 1.18. The van der Waals surface area contributed by atoms with E-state index in [1.54, 1.807) is 0 Å². The number of amides is 2. The lowest BCUT2D eigenvalue weighted by Gasteiger charge is -2.43. The second kappa shape index (κ2) is 3.37. The zero-order valence-electron chi connectivity index (χ0n) is 8.82. The monoisotopic (exact) mass is 195 g/mol. The van der Waals surface area contributed by atoms with Gasteiger partial charge in [-0.25, -0.2) is 0 Å². The Balaban J connectivity index is 2.05. The number of fused-ring (bicyclic) bond motifs is 1. The van der Waals surface area contributed by atoms with Gasteiger partial charge in [0.15, 0.2) is 0 Å². The summed E-state index contributed by atoms with van der Waals surface area (Å²) in [7, 11) is 0. The van der Waals surface area contributed by atoms with E-state index in [2.05, 4.69) is 0 Å². The molecular formula is C11H17NO2. The number of hydrogen-bond donors (Lipinski definition) is 0. The number of carbonyl (C=O) groups is 2. The average Bonchev–Trinajstić information content (AvgIpc) is 2.60. The zero-order chi connectivity index (χ0) is 10.3. The third-order valence-electron chi connectivity index (χ3n) is 3.64. The van der Waals surface area contributed by atoms with E-state index in [0.717, 1.165) is 25.7 Å². The van der Waals surface area contributed by atoms with Crippen molar-refractivity contribution in [2.75, 3.05) is 0 Å². The van der Waals surface area contributed by atoms with Crippen molar-refractivity contribution < 1.29 is 9.59 Å². The summed E-state index contributed by atoms with van der Waals surface area (Å²) in [6.07, 6.45) is 3.94. The first-order valence-electron chi connectivity index (χ1n) is 5.53. The Morgan fingerprint density at radius 1 is 1.57 bits per heavy atom. The maximum absolute atomic E-state index is 11.8. The maximum Gasteiger partial charge on any atom is 0.234 e. The van der Waals surface area contributed by atoms with E-state index >= 15 is 0 Å². The number of imide groups is 1. The van der Waals surface area contributed by atoms with E-state index in [9.17, 15) is 9.59 Å². The van der Waals surface area contributed by atoms with Crippen molar-refractivity contribution in [3.8, 4) is 0 Å². The lowest BCUT2D eigenvalue weighted by atomic mass is 9.89. The lowest BCUT2D eigenvalue weighted by Crippen LogP contribution is -2.61. The van der Waals surface area contributed by atoms with Gasteiger partial charge in [0.05, 0.1) is 12.0 Å². The summed E-state index contributed by atoms with van der Waals surface area (Å²) in [4.78, 5) is 24.9. The fourth-order valence-corrected chi connectivity index (χ4v) is 2.48. The van der Waals surface area contributed by atoms with Crippen LogP contribution in [-0.2, 0) is 9.59 Å². The summed E-state index contributed by atoms with van der Waals surface area (Å²) in [6.45, 7) is 3.89. The largest absolute Gasteiger partial charge is 0.278 e. The lowest BCUT2D eigenvalue weighted by molar-refractivity contribution is -0.166. The molecule has 2 fully saturated rings. The Morgan fingerprint density at radius 2 is 2.29 bits per heavy atom. The molecule has 3 nitrogen and oxygen atoms in total. The first-order valence-corrected chi connectivity index (χ1v) is 5.53. The molecule has 0 N–H and O–H groups in total. The third-order valence-corrected chi connectivity index (χ3v) is 3.64. The minimum absolute atomic E-state index is 0.000463. The highest BCUT2D eigenvalue weighted by atomic mass is 16.2. The van der Waals surface area contributed by atoms with E-state index in [4.69, 9.17) is 0 Å². The number of hydrogen-bond acceptors (Lipinski definition) is 2. The van der Waals surface area contributed by atoms with Crippen LogP contribution in [0.2, 0.25) is 0 Å². The molecule has 2 aliphatic rings. The van der Waals surface area contributed by atoms with Gasteiger partial charge in [-0.2, -0.15) is 0 Å². The Morgan fingerprint density at radius 3 is 2.93 bits per heavy atom. The van der Waals surface area contributed by atoms with E-state index < -0.39 is 0 Å². The van der Waals surface area contributed by atoms with Crippen molar-refractivity contribution in [2.45, 2.75) is 45.6 Å². The van der Waals surface area contributed by atoms with Gasteiger partial charge in [0.2, 0.25) is 11.8 Å². The molecule has 14 heavy (non-hydrogen) atoms. The van der Waals surface area contributed by atoms with E-state index in [1.807, 2.05) is 13.8 Å². The van der Waals surface area contributed by atoms with E-state index in [1.165, 1.54) is 4.90 Å². The van der Waals surface area contributed by atoms with Crippen LogP contribution in [0.3, 0.4) is 0 Å². The first kappa shape index (κ1) is 9.69. The summed E-state index contributed by atoms with van der Waals surface area (Å²) in [5, 5.41) is 0. The molecular weight excluding hydrogens is 178 g/mol. The molecule has 1 aliphatic heterocycles. The van der Waals surface area contributed by atoms with Gasteiger partial charge in [0.25, 0.3) is 0 Å². The van der Waals surface area contributed by atoms with E-state index in [0.29, 0.717) is 0 Å². The molecule has 0 aromatic heterocycles. The van der Waals surface area contributed by atoms with Crippen LogP contribution >= 0.6 is 0 Å². The first-order chi connectivity index (χ1) is 6.66. The summed E-state index contributed by atoms with van der Waals surface area (Å²) in [6, 6.07) is 0.254. The molecule has 1 saturated carbocycles. The molecule has 3 heteroatoms. The molecule has 0 bridgehead atoms. The SMILES string of the molecule is CCC(C)C(=O)N1C(=O)C2CCCC21. The van der Waals surface area contributed by atoms with Crippen molar-refractivity contribution in [3.05, 3.63) is 0 Å². The van der Waals surface area contributed by atoms with Crippen LogP contribution in [0.5, 0.6) is 0 Å². The topological polar surface area (TPSA) is 37.4 Å². The number of rotatable bonds is 2. The Kier molecular flexibility index (Phi) is 2.33. The van der Waals surface area contributed by atoms with Crippen molar-refractivity contribution in [1.29, 1.82) is 0 Å². The molecule has 2 amide bonds. The van der Waals surface area contributed by atoms with Gasteiger partial charge >= 0.3 is 0 Å². The number of β-lactam (4-membered cyclic amide) rings is 1. The van der Waals surface area contributed by atoms with Gasteiger partial charge in [0, 0.05) is 5.92 Å². The second-order valence-electron chi connectivity index (χ2n) is 4.46. The minimum atomic E-state index is 0.000463. The normalized spacial score (nSPS) is 32.4. The minimum Gasteiger partial charge on any atom is -0.278 e. The highest BCUT2D eigenvalue weighted by Crippen LogP contribution is 2.40. The molecule has 0 spiro atoms. The molecule has 1 heterocycles. The van der Waals surface area contributed by atoms with Crippen molar-refractivity contribution in [2.24, 2.45) is 11.8 Å². The van der Waals surface area contributed by atoms with Crippen LogP contribution in [0, 0.1) is 11.8 Å². The Labute approximate surface area is 84.5 Å². The Bertz CT molecular complexity index is 274. The zero-order valence-corrected chi connectivity index (χ0v) is 8.82. The average molecular weight is 195 g/mol.